The van der Waals surface area contributed by atoms with Crippen molar-refractivity contribution in [3.63, 3.8) is 0 Å². The molecule has 18 heavy (non-hydrogen) atoms. The van der Waals surface area contributed by atoms with Gasteiger partial charge in [0, 0.05) is 12.5 Å². The van der Waals surface area contributed by atoms with E-state index in [0.29, 0.717) is 6.54 Å². The van der Waals surface area contributed by atoms with E-state index < -0.39 is 11.7 Å². The lowest BCUT2D eigenvalue weighted by Gasteiger charge is -2.22. The van der Waals surface area contributed by atoms with Crippen molar-refractivity contribution < 1.29 is 18.0 Å². The van der Waals surface area contributed by atoms with E-state index in [4.69, 9.17) is 0 Å². The van der Waals surface area contributed by atoms with E-state index in [1.807, 2.05) is 0 Å². The number of aldehydes is 1. The van der Waals surface area contributed by atoms with Gasteiger partial charge in [-0.05, 0) is 17.7 Å². The maximum Gasteiger partial charge on any atom is 0.416 e. The number of benzene rings is 1. The van der Waals surface area contributed by atoms with E-state index in [-0.39, 0.29) is 12.0 Å². The van der Waals surface area contributed by atoms with Gasteiger partial charge in [0.05, 0.1) is 11.6 Å². The van der Waals surface area contributed by atoms with E-state index in [1.54, 1.807) is 12.2 Å². The molecular formula is C13H12F3NO. The quantitative estimate of drug-likeness (QED) is 0.650. The van der Waals surface area contributed by atoms with Gasteiger partial charge in [-0.15, -0.1) is 0 Å². The minimum absolute atomic E-state index is 0.136. The zero-order valence-corrected chi connectivity index (χ0v) is 9.45. The lowest BCUT2D eigenvalue weighted by atomic mass is 9.98. The molecule has 1 aromatic carbocycles. The third kappa shape index (κ3) is 2.79. The van der Waals surface area contributed by atoms with Crippen LogP contribution in [0.2, 0.25) is 0 Å². The van der Waals surface area contributed by atoms with Gasteiger partial charge >= 0.3 is 6.18 Å². The number of nitrogens with one attached hydrogen (secondary N) is 1. The molecule has 1 N–H and O–H groups in total. The molecule has 2 nitrogen and oxygen atoms in total. The summed E-state index contributed by atoms with van der Waals surface area (Å²) in [6, 6.07) is 4.90. The minimum atomic E-state index is -4.31. The molecule has 1 aliphatic heterocycles. The van der Waals surface area contributed by atoms with Crippen LogP contribution in [0.25, 0.3) is 0 Å². The summed E-state index contributed by atoms with van der Waals surface area (Å²) in [5.74, 6) is -0.157. The van der Waals surface area contributed by atoms with E-state index in [9.17, 15) is 18.0 Å². The molecule has 0 amide bonds. The molecule has 0 saturated heterocycles. The van der Waals surface area contributed by atoms with Gasteiger partial charge in [0.15, 0.2) is 0 Å². The Kier molecular flexibility index (Phi) is 3.52. The van der Waals surface area contributed by atoms with E-state index in [2.05, 4.69) is 5.32 Å². The predicted molar refractivity (Wildman–Crippen MR) is 60.9 cm³/mol. The molecule has 2 unspecified atom stereocenters. The second-order valence-corrected chi connectivity index (χ2v) is 4.19. The zero-order valence-electron chi connectivity index (χ0n) is 9.45. The van der Waals surface area contributed by atoms with Gasteiger partial charge in [-0.2, -0.15) is 13.2 Å². The maximum absolute atomic E-state index is 12.4. The van der Waals surface area contributed by atoms with Crippen molar-refractivity contribution >= 4 is 6.29 Å². The molecule has 0 aromatic heterocycles. The summed E-state index contributed by atoms with van der Waals surface area (Å²) < 4.78 is 37.2. The Bertz CT molecular complexity index is 450. The summed E-state index contributed by atoms with van der Waals surface area (Å²) in [7, 11) is 0. The van der Waals surface area contributed by atoms with Crippen LogP contribution >= 0.6 is 0 Å². The summed E-state index contributed by atoms with van der Waals surface area (Å²) in [4.78, 5) is 10.5. The number of carbonyl (C=O) groups excluding carboxylic acids is 1. The fraction of sp³-hybridized carbons (Fsp3) is 0.308. The van der Waals surface area contributed by atoms with Crippen molar-refractivity contribution in [1.82, 2.24) is 5.32 Å². The number of halogens is 3. The van der Waals surface area contributed by atoms with Gasteiger partial charge in [0.1, 0.15) is 6.29 Å². The number of alkyl halides is 3. The van der Waals surface area contributed by atoms with Gasteiger partial charge < -0.3 is 10.1 Å². The Labute approximate surface area is 102 Å². The van der Waals surface area contributed by atoms with Gasteiger partial charge in [-0.1, -0.05) is 24.3 Å². The standard InChI is InChI=1S/C13H12F3NO/c14-13(15,16)11-4-2-10(3-5-11)12-6-1-9(8-18)7-17-12/h1-6,8-9,12,17H,7H2. The van der Waals surface area contributed by atoms with Crippen molar-refractivity contribution in [1.29, 1.82) is 0 Å². The van der Waals surface area contributed by atoms with Crippen LogP contribution < -0.4 is 5.32 Å². The molecule has 1 aromatic rings. The fourth-order valence-electron chi connectivity index (χ4n) is 1.85. The first-order chi connectivity index (χ1) is 8.50. The predicted octanol–water partition coefficient (Wildman–Crippen LogP) is 2.72. The first-order valence-electron chi connectivity index (χ1n) is 5.55. The zero-order chi connectivity index (χ0) is 13.2. The molecule has 0 spiro atoms. The highest BCUT2D eigenvalue weighted by Gasteiger charge is 2.30. The normalized spacial score (nSPS) is 23.9. The second-order valence-electron chi connectivity index (χ2n) is 4.19. The molecule has 0 radical (unpaired) electrons. The highest BCUT2D eigenvalue weighted by molar-refractivity contribution is 5.57. The molecule has 0 bridgehead atoms. The van der Waals surface area contributed by atoms with E-state index in [0.717, 1.165) is 24.0 Å². The van der Waals surface area contributed by atoms with Crippen LogP contribution in [0.1, 0.15) is 17.2 Å². The molecule has 96 valence electrons. The van der Waals surface area contributed by atoms with Crippen LogP contribution in [0.15, 0.2) is 36.4 Å². The molecule has 2 atom stereocenters. The summed E-state index contributed by atoms with van der Waals surface area (Å²) in [5, 5.41) is 3.10. The van der Waals surface area contributed by atoms with Gasteiger partial charge in [0.25, 0.3) is 0 Å². The smallest absolute Gasteiger partial charge is 0.306 e. The third-order valence-corrected chi connectivity index (χ3v) is 2.90. The average Bonchev–Trinajstić information content (AvgIpc) is 2.38. The second kappa shape index (κ2) is 4.94. The van der Waals surface area contributed by atoms with E-state index >= 15 is 0 Å². The van der Waals surface area contributed by atoms with E-state index in [1.165, 1.54) is 12.1 Å². The minimum Gasteiger partial charge on any atom is -0.306 e. The Morgan fingerprint density at radius 1 is 1.17 bits per heavy atom. The van der Waals surface area contributed by atoms with Gasteiger partial charge in [-0.3, -0.25) is 0 Å². The van der Waals surface area contributed by atoms with Crippen LogP contribution in [0.4, 0.5) is 13.2 Å². The van der Waals surface area contributed by atoms with Gasteiger partial charge in [-0.25, -0.2) is 0 Å². The molecule has 0 aliphatic carbocycles. The van der Waals surface area contributed by atoms with Crippen LogP contribution in [0.3, 0.4) is 0 Å². The number of hydrogen-bond acceptors (Lipinski definition) is 2. The molecule has 5 heteroatoms. The SMILES string of the molecule is O=CC1C=CC(c2ccc(C(F)(F)F)cc2)NC1. The third-order valence-electron chi connectivity index (χ3n) is 2.90. The monoisotopic (exact) mass is 255 g/mol. The van der Waals surface area contributed by atoms with Gasteiger partial charge in [0.2, 0.25) is 0 Å². The Balaban J connectivity index is 2.14. The molecule has 0 saturated carbocycles. The van der Waals surface area contributed by atoms with Crippen molar-refractivity contribution in [2.45, 2.75) is 12.2 Å². The lowest BCUT2D eigenvalue weighted by molar-refractivity contribution is -0.137. The van der Waals surface area contributed by atoms with Crippen molar-refractivity contribution in [2.24, 2.45) is 5.92 Å². The topological polar surface area (TPSA) is 29.1 Å². The molecule has 2 rings (SSSR count). The summed E-state index contributed by atoms with van der Waals surface area (Å²) in [5.41, 5.74) is 0.0976. The largest absolute Gasteiger partial charge is 0.416 e. The Morgan fingerprint density at radius 3 is 2.28 bits per heavy atom. The van der Waals surface area contributed by atoms with Crippen LogP contribution in [-0.4, -0.2) is 12.8 Å². The highest BCUT2D eigenvalue weighted by Crippen LogP contribution is 2.30. The summed E-state index contributed by atoms with van der Waals surface area (Å²) in [6.07, 6.45) is 0.0977. The number of carbonyl (C=O) groups is 1. The van der Waals surface area contributed by atoms with Crippen LogP contribution in [-0.2, 0) is 11.0 Å². The molecule has 0 fully saturated rings. The first kappa shape index (κ1) is 12.8. The van der Waals surface area contributed by atoms with Crippen molar-refractivity contribution in [2.75, 3.05) is 6.54 Å². The average molecular weight is 255 g/mol. The summed E-state index contributed by atoms with van der Waals surface area (Å²) in [6.45, 7) is 0.506. The lowest BCUT2D eigenvalue weighted by Crippen LogP contribution is -2.30. The van der Waals surface area contributed by atoms with Crippen LogP contribution in [0, 0.1) is 5.92 Å². The first-order valence-corrected chi connectivity index (χ1v) is 5.55. The van der Waals surface area contributed by atoms with Crippen LogP contribution in [0.5, 0.6) is 0 Å². The maximum atomic E-state index is 12.4. The van der Waals surface area contributed by atoms with Crippen molar-refractivity contribution in [3.8, 4) is 0 Å². The molecular weight excluding hydrogens is 243 g/mol. The highest BCUT2D eigenvalue weighted by atomic mass is 19.4. The number of hydrogen-bond donors (Lipinski definition) is 1. The fourth-order valence-corrected chi connectivity index (χ4v) is 1.85. The number of rotatable bonds is 2. The van der Waals surface area contributed by atoms with Crippen molar-refractivity contribution in [3.05, 3.63) is 47.5 Å². The molecule has 1 heterocycles. The Hall–Kier alpha value is -1.62. The summed E-state index contributed by atoms with van der Waals surface area (Å²) >= 11 is 0. The molecule has 1 aliphatic rings. The Morgan fingerprint density at radius 2 is 1.83 bits per heavy atom.